The zero-order valence-electron chi connectivity index (χ0n) is 8.12. The van der Waals surface area contributed by atoms with Crippen LogP contribution in [0.2, 0.25) is 0 Å². The lowest BCUT2D eigenvalue weighted by Gasteiger charge is -2.05. The number of hydrogen-bond donors (Lipinski definition) is 1. The third-order valence-electron chi connectivity index (χ3n) is 2.64. The monoisotopic (exact) mass is 195 g/mol. The summed E-state index contributed by atoms with van der Waals surface area (Å²) < 4.78 is 0. The first-order valence-electron chi connectivity index (χ1n) is 5.15. The number of nitrogens with two attached hydrogens (primary N) is 1. The molecule has 0 amide bonds. The maximum absolute atomic E-state index is 6.12. The molecule has 0 spiro atoms. The van der Waals surface area contributed by atoms with Gasteiger partial charge < -0.3 is 5.73 Å². The molecule has 1 aliphatic rings. The molecule has 0 unspecified atom stereocenters. The quantitative estimate of drug-likeness (QED) is 0.785. The molecule has 2 rings (SSSR count). The molecular weight excluding hydrogens is 178 g/mol. The van der Waals surface area contributed by atoms with Crippen LogP contribution in [0.15, 0.2) is 12.1 Å². The van der Waals surface area contributed by atoms with Crippen LogP contribution in [0.3, 0.4) is 0 Å². The first-order valence-corrected chi connectivity index (χ1v) is 5.97. The van der Waals surface area contributed by atoms with Gasteiger partial charge in [-0.3, -0.25) is 0 Å². The van der Waals surface area contributed by atoms with E-state index in [2.05, 4.69) is 19.1 Å². The van der Waals surface area contributed by atoms with E-state index in [1.807, 2.05) is 11.3 Å². The molecule has 72 valence electrons. The van der Waals surface area contributed by atoms with Crippen LogP contribution in [-0.2, 0) is 6.42 Å². The van der Waals surface area contributed by atoms with Gasteiger partial charge in [0.2, 0.25) is 0 Å². The number of thiophene rings is 1. The molecule has 0 aromatic carbocycles. The first kappa shape index (κ1) is 9.22. The zero-order valence-corrected chi connectivity index (χ0v) is 8.94. The Morgan fingerprint density at radius 3 is 2.92 bits per heavy atom. The van der Waals surface area contributed by atoms with Crippen molar-refractivity contribution in [2.24, 2.45) is 11.7 Å². The van der Waals surface area contributed by atoms with Crippen LogP contribution in [0.1, 0.15) is 42.0 Å². The van der Waals surface area contributed by atoms with Gasteiger partial charge in [0.05, 0.1) is 0 Å². The summed E-state index contributed by atoms with van der Waals surface area (Å²) in [6.45, 7) is 2.22. The number of hydrogen-bond acceptors (Lipinski definition) is 2. The summed E-state index contributed by atoms with van der Waals surface area (Å²) in [5.74, 6) is 0.785. The van der Waals surface area contributed by atoms with Crippen LogP contribution in [0.4, 0.5) is 0 Å². The topological polar surface area (TPSA) is 26.0 Å². The molecule has 1 heterocycles. The van der Waals surface area contributed by atoms with Crippen molar-refractivity contribution in [3.63, 3.8) is 0 Å². The Hall–Kier alpha value is -0.340. The van der Waals surface area contributed by atoms with Gasteiger partial charge >= 0.3 is 0 Å². The van der Waals surface area contributed by atoms with Gasteiger partial charge in [0.25, 0.3) is 0 Å². The first-order chi connectivity index (χ1) is 6.31. The van der Waals surface area contributed by atoms with Crippen molar-refractivity contribution in [1.82, 2.24) is 0 Å². The molecule has 1 atom stereocenters. The molecule has 1 nitrogen and oxygen atoms in total. The summed E-state index contributed by atoms with van der Waals surface area (Å²) in [5, 5.41) is 0. The number of aryl methyl sites for hydroxylation is 1. The van der Waals surface area contributed by atoms with E-state index in [1.165, 1.54) is 35.4 Å². The fraction of sp³-hybridized carbons (Fsp3) is 0.636. The average molecular weight is 195 g/mol. The highest BCUT2D eigenvalue weighted by molar-refractivity contribution is 7.12. The highest BCUT2D eigenvalue weighted by atomic mass is 32.1. The van der Waals surface area contributed by atoms with Crippen LogP contribution in [0.5, 0.6) is 0 Å². The van der Waals surface area contributed by atoms with Crippen molar-refractivity contribution < 1.29 is 0 Å². The predicted octanol–water partition coefficient (Wildman–Crippen LogP) is 3.11. The summed E-state index contributed by atoms with van der Waals surface area (Å²) in [6.07, 6.45) is 5.12. The molecule has 1 saturated carbocycles. The molecule has 1 aliphatic carbocycles. The summed E-state index contributed by atoms with van der Waals surface area (Å²) in [7, 11) is 0. The second-order valence-corrected chi connectivity index (χ2v) is 5.12. The minimum absolute atomic E-state index is 0.329. The fourth-order valence-corrected chi connectivity index (χ4v) is 2.85. The summed E-state index contributed by atoms with van der Waals surface area (Å²) in [4.78, 5) is 2.89. The second kappa shape index (κ2) is 3.81. The molecule has 1 fully saturated rings. The standard InChI is InChI=1S/C11H17NS/c1-2-3-9-6-7-10(13-9)11(12)8-4-5-8/h6-8,11H,2-5,12H2,1H3/t11-/m1/s1. The van der Waals surface area contributed by atoms with Gasteiger partial charge in [0.1, 0.15) is 0 Å². The van der Waals surface area contributed by atoms with E-state index in [-0.39, 0.29) is 0 Å². The highest BCUT2D eigenvalue weighted by Crippen LogP contribution is 2.41. The van der Waals surface area contributed by atoms with Gasteiger partial charge in [-0.05, 0) is 37.3 Å². The maximum Gasteiger partial charge on any atom is 0.0418 e. The SMILES string of the molecule is CCCc1ccc([C@H](N)C2CC2)s1. The molecule has 2 N–H and O–H groups in total. The average Bonchev–Trinajstić information content (AvgIpc) is 2.87. The molecule has 2 heteroatoms. The van der Waals surface area contributed by atoms with Crippen LogP contribution in [0, 0.1) is 5.92 Å². The molecule has 0 radical (unpaired) electrons. The predicted molar refractivity (Wildman–Crippen MR) is 58.0 cm³/mol. The van der Waals surface area contributed by atoms with Crippen LogP contribution < -0.4 is 5.73 Å². The van der Waals surface area contributed by atoms with E-state index in [0.29, 0.717) is 6.04 Å². The normalized spacial score (nSPS) is 18.9. The summed E-state index contributed by atoms with van der Waals surface area (Å²) in [6, 6.07) is 4.79. The summed E-state index contributed by atoms with van der Waals surface area (Å²) >= 11 is 1.91. The molecular formula is C11H17NS. The van der Waals surface area contributed by atoms with E-state index >= 15 is 0 Å². The van der Waals surface area contributed by atoms with Crippen molar-refractivity contribution in [3.05, 3.63) is 21.9 Å². The van der Waals surface area contributed by atoms with Gasteiger partial charge in [0.15, 0.2) is 0 Å². The lowest BCUT2D eigenvalue weighted by atomic mass is 10.1. The van der Waals surface area contributed by atoms with Crippen LogP contribution in [-0.4, -0.2) is 0 Å². The molecule has 13 heavy (non-hydrogen) atoms. The van der Waals surface area contributed by atoms with Crippen LogP contribution in [0.25, 0.3) is 0 Å². The summed E-state index contributed by atoms with van der Waals surface area (Å²) in [5.41, 5.74) is 6.12. The Balaban J connectivity index is 2.03. The maximum atomic E-state index is 6.12. The Kier molecular flexibility index (Phi) is 2.70. The van der Waals surface area contributed by atoms with E-state index < -0.39 is 0 Å². The van der Waals surface area contributed by atoms with Crippen molar-refractivity contribution in [2.75, 3.05) is 0 Å². The Bertz CT molecular complexity index is 275. The van der Waals surface area contributed by atoms with Crippen molar-refractivity contribution >= 4 is 11.3 Å². The van der Waals surface area contributed by atoms with Crippen molar-refractivity contribution in [2.45, 2.75) is 38.6 Å². The molecule has 1 aromatic rings. The molecule has 0 aliphatic heterocycles. The van der Waals surface area contributed by atoms with E-state index in [1.54, 1.807) is 0 Å². The largest absolute Gasteiger partial charge is 0.323 e. The van der Waals surface area contributed by atoms with Crippen molar-refractivity contribution in [3.8, 4) is 0 Å². The van der Waals surface area contributed by atoms with E-state index in [0.717, 1.165) is 5.92 Å². The number of rotatable bonds is 4. The smallest absolute Gasteiger partial charge is 0.0418 e. The highest BCUT2D eigenvalue weighted by Gasteiger charge is 2.30. The lowest BCUT2D eigenvalue weighted by Crippen LogP contribution is -2.10. The fourth-order valence-electron chi connectivity index (χ4n) is 1.64. The Morgan fingerprint density at radius 2 is 2.31 bits per heavy atom. The zero-order chi connectivity index (χ0) is 9.26. The second-order valence-electron chi connectivity index (χ2n) is 3.92. The van der Waals surface area contributed by atoms with Gasteiger partial charge in [-0.15, -0.1) is 11.3 Å². The van der Waals surface area contributed by atoms with Gasteiger partial charge in [-0.25, -0.2) is 0 Å². The minimum Gasteiger partial charge on any atom is -0.323 e. The van der Waals surface area contributed by atoms with Gasteiger partial charge in [-0.1, -0.05) is 13.3 Å². The molecule has 0 bridgehead atoms. The van der Waals surface area contributed by atoms with E-state index in [4.69, 9.17) is 5.73 Å². The Morgan fingerprint density at radius 1 is 1.54 bits per heavy atom. The van der Waals surface area contributed by atoms with E-state index in [9.17, 15) is 0 Å². The third kappa shape index (κ3) is 2.12. The lowest BCUT2D eigenvalue weighted by molar-refractivity contribution is 0.645. The minimum atomic E-state index is 0.329. The molecule has 0 saturated heterocycles. The third-order valence-corrected chi connectivity index (χ3v) is 3.88. The molecule has 1 aromatic heterocycles. The van der Waals surface area contributed by atoms with Gasteiger partial charge in [0, 0.05) is 15.8 Å². The van der Waals surface area contributed by atoms with Crippen LogP contribution >= 0.6 is 11.3 Å². The van der Waals surface area contributed by atoms with Crippen molar-refractivity contribution in [1.29, 1.82) is 0 Å². The Labute approximate surface area is 84.0 Å². The van der Waals surface area contributed by atoms with Gasteiger partial charge in [-0.2, -0.15) is 0 Å².